The molecule has 5 heteroatoms. The van der Waals surface area contributed by atoms with E-state index in [4.69, 9.17) is 0 Å². The van der Waals surface area contributed by atoms with Crippen LogP contribution in [0.5, 0.6) is 0 Å². The van der Waals surface area contributed by atoms with Crippen molar-refractivity contribution in [3.8, 4) is 0 Å². The van der Waals surface area contributed by atoms with Crippen molar-refractivity contribution in [2.75, 3.05) is 6.54 Å². The van der Waals surface area contributed by atoms with Crippen LogP contribution in [0.3, 0.4) is 0 Å². The van der Waals surface area contributed by atoms with Crippen molar-refractivity contribution in [3.05, 3.63) is 34.4 Å². The summed E-state index contributed by atoms with van der Waals surface area (Å²) in [7, 11) is 0. The van der Waals surface area contributed by atoms with E-state index < -0.39 is 11.6 Å². The average molecular weight is 339 g/mol. The lowest BCUT2D eigenvalue weighted by molar-refractivity contribution is 0.101. The minimum Gasteiger partial charge on any atom is -0.465 e. The molecule has 0 unspecified atom stereocenters. The summed E-state index contributed by atoms with van der Waals surface area (Å²) in [5.74, 6) is 0. The number of hydrogen-bond donors (Lipinski definition) is 2. The summed E-state index contributed by atoms with van der Waals surface area (Å²) >= 11 is 3.51. The molecule has 0 saturated heterocycles. The van der Waals surface area contributed by atoms with Gasteiger partial charge in [0, 0.05) is 28.1 Å². The second-order valence-corrected chi connectivity index (χ2v) is 6.69. The van der Waals surface area contributed by atoms with Crippen molar-refractivity contribution in [1.29, 1.82) is 0 Å². The van der Waals surface area contributed by atoms with E-state index in [2.05, 4.69) is 20.9 Å². The molecule has 108 valence electrons. The highest BCUT2D eigenvalue weighted by atomic mass is 79.9. The third-order valence-corrected chi connectivity index (χ3v) is 4.06. The van der Waals surface area contributed by atoms with Gasteiger partial charge in [0.2, 0.25) is 0 Å². The normalized spacial score (nSPS) is 11.8. The number of fused-ring (bicyclic) bond motifs is 1. The van der Waals surface area contributed by atoms with E-state index in [0.717, 1.165) is 20.9 Å². The van der Waals surface area contributed by atoms with Crippen LogP contribution in [0.4, 0.5) is 4.79 Å². The van der Waals surface area contributed by atoms with Crippen molar-refractivity contribution in [2.24, 2.45) is 0 Å². The van der Waals surface area contributed by atoms with E-state index in [1.54, 1.807) is 0 Å². The molecule has 0 aliphatic carbocycles. The van der Waals surface area contributed by atoms with E-state index >= 15 is 0 Å². The molecular formula is C15H19BrN2O2. The Kier molecular flexibility index (Phi) is 4.09. The highest BCUT2D eigenvalue weighted by Crippen LogP contribution is 2.26. The second-order valence-electron chi connectivity index (χ2n) is 5.83. The van der Waals surface area contributed by atoms with Gasteiger partial charge in [-0.25, -0.2) is 4.79 Å². The summed E-state index contributed by atoms with van der Waals surface area (Å²) in [4.78, 5) is 16.0. The molecule has 4 nitrogen and oxygen atoms in total. The average Bonchev–Trinajstić information content (AvgIpc) is 2.72. The van der Waals surface area contributed by atoms with Crippen LogP contribution in [0.2, 0.25) is 0 Å². The zero-order chi connectivity index (χ0) is 14.9. The molecule has 1 aromatic heterocycles. The number of nitrogens with zero attached hydrogens (tertiary/aromatic N) is 1. The minimum atomic E-state index is -0.876. The highest BCUT2D eigenvalue weighted by molar-refractivity contribution is 9.10. The maximum absolute atomic E-state index is 11.3. The Morgan fingerprint density at radius 2 is 2.10 bits per heavy atom. The minimum absolute atomic E-state index is 0.390. The molecule has 2 rings (SSSR count). The van der Waals surface area contributed by atoms with Gasteiger partial charge in [-0.15, -0.1) is 0 Å². The monoisotopic (exact) mass is 338 g/mol. The molecule has 0 fully saturated rings. The van der Waals surface area contributed by atoms with Crippen LogP contribution in [-0.2, 0) is 6.42 Å². The third kappa shape index (κ3) is 2.98. The molecule has 0 atom stereocenters. The zero-order valence-corrected chi connectivity index (χ0v) is 13.5. The van der Waals surface area contributed by atoms with Crippen molar-refractivity contribution >= 4 is 32.9 Å². The van der Waals surface area contributed by atoms with Gasteiger partial charge in [-0.2, -0.15) is 0 Å². The summed E-state index contributed by atoms with van der Waals surface area (Å²) in [6.45, 7) is 6.21. The van der Waals surface area contributed by atoms with E-state index in [-0.39, 0.29) is 0 Å². The quantitative estimate of drug-likeness (QED) is 0.878. The van der Waals surface area contributed by atoms with Gasteiger partial charge in [0.25, 0.3) is 0 Å². The molecule has 1 aromatic carbocycles. The number of para-hydroxylation sites is 1. The standard InChI is InChI=1S/C15H19BrN2O2/c1-15(2,3)18(14(19)20)8-7-10-9-17-13-11(10)5-4-6-12(13)16/h4-6,9,17H,7-8H2,1-3H3,(H,19,20). The zero-order valence-electron chi connectivity index (χ0n) is 11.9. The summed E-state index contributed by atoms with van der Waals surface area (Å²) < 4.78 is 1.02. The fourth-order valence-corrected chi connectivity index (χ4v) is 2.81. The van der Waals surface area contributed by atoms with E-state index in [1.807, 2.05) is 45.2 Å². The first-order valence-corrected chi connectivity index (χ1v) is 7.35. The number of carbonyl (C=O) groups is 1. The maximum Gasteiger partial charge on any atom is 0.407 e. The molecule has 2 N–H and O–H groups in total. The largest absolute Gasteiger partial charge is 0.465 e. The van der Waals surface area contributed by atoms with Gasteiger partial charge in [0.05, 0.1) is 5.52 Å². The number of amides is 1. The molecule has 20 heavy (non-hydrogen) atoms. The summed E-state index contributed by atoms with van der Waals surface area (Å²) in [5.41, 5.74) is 1.80. The smallest absolute Gasteiger partial charge is 0.407 e. The lowest BCUT2D eigenvalue weighted by Gasteiger charge is -2.33. The Morgan fingerprint density at radius 1 is 1.40 bits per heavy atom. The Bertz CT molecular complexity index is 628. The Morgan fingerprint density at radius 3 is 2.70 bits per heavy atom. The predicted molar refractivity (Wildman–Crippen MR) is 84.2 cm³/mol. The van der Waals surface area contributed by atoms with E-state index in [0.29, 0.717) is 13.0 Å². The lowest BCUT2D eigenvalue weighted by Crippen LogP contribution is -2.45. The fourth-order valence-electron chi connectivity index (χ4n) is 2.33. The number of aromatic nitrogens is 1. The Balaban J connectivity index is 2.21. The SMILES string of the molecule is CC(C)(C)N(CCc1c[nH]c2c(Br)cccc12)C(=O)O. The lowest BCUT2D eigenvalue weighted by atomic mass is 10.0. The molecular weight excluding hydrogens is 320 g/mol. The van der Waals surface area contributed by atoms with Gasteiger partial charge in [0.15, 0.2) is 0 Å². The van der Waals surface area contributed by atoms with Crippen LogP contribution < -0.4 is 0 Å². The topological polar surface area (TPSA) is 56.3 Å². The number of benzene rings is 1. The Labute approximate surface area is 126 Å². The Hall–Kier alpha value is -1.49. The number of nitrogens with one attached hydrogen (secondary N) is 1. The van der Waals surface area contributed by atoms with E-state index in [1.165, 1.54) is 4.90 Å². The first-order chi connectivity index (χ1) is 9.30. The number of hydrogen-bond acceptors (Lipinski definition) is 1. The number of H-pyrrole nitrogens is 1. The van der Waals surface area contributed by atoms with Gasteiger partial charge in [-0.1, -0.05) is 12.1 Å². The van der Waals surface area contributed by atoms with Crippen LogP contribution in [0.1, 0.15) is 26.3 Å². The fraction of sp³-hybridized carbons (Fsp3) is 0.400. The molecule has 0 aliphatic heterocycles. The molecule has 0 aliphatic rings. The van der Waals surface area contributed by atoms with Gasteiger partial charge < -0.3 is 15.0 Å². The summed E-state index contributed by atoms with van der Waals surface area (Å²) in [5, 5.41) is 10.4. The van der Waals surface area contributed by atoms with Crippen molar-refractivity contribution in [1.82, 2.24) is 9.88 Å². The predicted octanol–water partition coefficient (Wildman–Crippen LogP) is 4.25. The molecule has 2 aromatic rings. The number of halogens is 1. The maximum atomic E-state index is 11.3. The van der Waals surface area contributed by atoms with Crippen molar-refractivity contribution < 1.29 is 9.90 Å². The number of rotatable bonds is 3. The van der Waals surface area contributed by atoms with Crippen molar-refractivity contribution in [2.45, 2.75) is 32.7 Å². The van der Waals surface area contributed by atoms with Crippen LogP contribution >= 0.6 is 15.9 Å². The molecule has 1 amide bonds. The van der Waals surface area contributed by atoms with Crippen molar-refractivity contribution in [3.63, 3.8) is 0 Å². The molecule has 0 bridgehead atoms. The van der Waals surface area contributed by atoms with Gasteiger partial charge >= 0.3 is 6.09 Å². The number of carboxylic acid groups (broad SMARTS) is 1. The highest BCUT2D eigenvalue weighted by Gasteiger charge is 2.25. The molecule has 0 saturated carbocycles. The first kappa shape index (κ1) is 14.9. The van der Waals surface area contributed by atoms with Crippen LogP contribution in [0.15, 0.2) is 28.9 Å². The van der Waals surface area contributed by atoms with Gasteiger partial charge in [-0.05, 0) is 54.8 Å². The molecule has 1 heterocycles. The molecule has 0 spiro atoms. The van der Waals surface area contributed by atoms with Gasteiger partial charge in [-0.3, -0.25) is 0 Å². The summed E-state index contributed by atoms with van der Waals surface area (Å²) in [6, 6.07) is 6.03. The van der Waals surface area contributed by atoms with Crippen LogP contribution in [-0.4, -0.2) is 33.2 Å². The summed E-state index contributed by atoms with van der Waals surface area (Å²) in [6.07, 6.45) is 1.77. The van der Waals surface area contributed by atoms with Gasteiger partial charge in [0.1, 0.15) is 0 Å². The third-order valence-electron chi connectivity index (χ3n) is 3.40. The second kappa shape index (κ2) is 5.48. The molecule has 0 radical (unpaired) electrons. The van der Waals surface area contributed by atoms with E-state index in [9.17, 15) is 9.90 Å². The first-order valence-electron chi connectivity index (χ1n) is 6.56. The van der Waals surface area contributed by atoms with Crippen LogP contribution in [0, 0.1) is 0 Å². The number of aromatic amines is 1. The van der Waals surface area contributed by atoms with Crippen LogP contribution in [0.25, 0.3) is 10.9 Å².